The zero-order valence-electron chi connectivity index (χ0n) is 18.8. The van der Waals surface area contributed by atoms with Crippen LogP contribution in [0.5, 0.6) is 0 Å². The van der Waals surface area contributed by atoms with E-state index in [-0.39, 0.29) is 6.03 Å². The van der Waals surface area contributed by atoms with Crippen LogP contribution in [0.15, 0.2) is 76.3 Å². The fourth-order valence-electron chi connectivity index (χ4n) is 4.08. The van der Waals surface area contributed by atoms with Crippen LogP contribution in [-0.2, 0) is 13.0 Å². The number of rotatable bonds is 6. The van der Waals surface area contributed by atoms with Crippen LogP contribution in [0, 0.1) is 0 Å². The van der Waals surface area contributed by atoms with Gasteiger partial charge in [0.15, 0.2) is 0 Å². The Labute approximate surface area is 206 Å². The van der Waals surface area contributed by atoms with Crippen molar-refractivity contribution in [3.63, 3.8) is 0 Å². The Morgan fingerprint density at radius 3 is 2.68 bits per heavy atom. The molecule has 0 aliphatic carbocycles. The average molecular weight is 491 g/mol. The highest BCUT2D eigenvalue weighted by Gasteiger charge is 2.36. The van der Waals surface area contributed by atoms with Gasteiger partial charge in [-0.05, 0) is 48.1 Å². The van der Waals surface area contributed by atoms with E-state index in [1.54, 1.807) is 22.3 Å². The van der Waals surface area contributed by atoms with E-state index < -0.39 is 6.04 Å². The van der Waals surface area contributed by atoms with Gasteiger partial charge in [-0.15, -0.1) is 11.3 Å². The summed E-state index contributed by atoms with van der Waals surface area (Å²) in [5.74, 6) is 0.873. The Kier molecular flexibility index (Phi) is 6.22. The quantitative estimate of drug-likeness (QED) is 0.326. The summed E-state index contributed by atoms with van der Waals surface area (Å²) < 4.78 is 5.76. The molecule has 3 heterocycles. The van der Waals surface area contributed by atoms with Gasteiger partial charge in [0.1, 0.15) is 0 Å². The Balaban J connectivity index is 1.58. The van der Waals surface area contributed by atoms with Gasteiger partial charge in [-0.3, -0.25) is 4.90 Å². The summed E-state index contributed by atoms with van der Waals surface area (Å²) >= 11 is 7.88. The van der Waals surface area contributed by atoms with E-state index in [2.05, 4.69) is 29.5 Å². The van der Waals surface area contributed by atoms with Gasteiger partial charge in [0, 0.05) is 21.2 Å². The van der Waals surface area contributed by atoms with Gasteiger partial charge in [-0.25, -0.2) is 4.79 Å². The molecule has 1 N–H and O–H groups in total. The van der Waals surface area contributed by atoms with Crippen LogP contribution in [-0.4, -0.2) is 21.1 Å². The number of thiophene rings is 1. The number of halogens is 1. The zero-order chi connectivity index (χ0) is 23.7. The predicted molar refractivity (Wildman–Crippen MR) is 134 cm³/mol. The highest BCUT2D eigenvalue weighted by molar-refractivity contribution is 7.09. The Hall–Kier alpha value is -3.42. The fourth-order valence-corrected chi connectivity index (χ4v) is 4.97. The molecule has 1 aliphatic heterocycles. The second-order valence-corrected chi connectivity index (χ2v) is 9.54. The van der Waals surface area contributed by atoms with Gasteiger partial charge in [-0.2, -0.15) is 4.98 Å². The number of carbonyl (C=O) groups is 1. The summed E-state index contributed by atoms with van der Waals surface area (Å²) in [7, 11) is 0. The summed E-state index contributed by atoms with van der Waals surface area (Å²) in [4.78, 5) is 20.7. The Morgan fingerprint density at radius 1 is 1.15 bits per heavy atom. The molecule has 0 bridgehead atoms. The maximum atomic E-state index is 13.1. The fraction of sp³-hybridized carbons (Fsp3) is 0.192. The monoisotopic (exact) mass is 490 g/mol. The number of urea groups is 1. The second kappa shape index (κ2) is 9.44. The molecule has 4 aromatic rings. The smallest absolute Gasteiger partial charge is 0.322 e. The molecule has 5 rings (SSSR count). The van der Waals surface area contributed by atoms with Crippen molar-refractivity contribution in [2.24, 2.45) is 0 Å². The number of amides is 2. The lowest BCUT2D eigenvalue weighted by atomic mass is 9.94. The number of carbonyl (C=O) groups excluding carboxylic acids is 1. The molecule has 172 valence electrons. The van der Waals surface area contributed by atoms with E-state index in [0.717, 1.165) is 33.7 Å². The summed E-state index contributed by atoms with van der Waals surface area (Å²) in [6.45, 7) is 4.49. The first kappa shape index (κ1) is 22.4. The number of benzene rings is 2. The van der Waals surface area contributed by atoms with Crippen LogP contribution in [0.3, 0.4) is 0 Å². The van der Waals surface area contributed by atoms with Crippen LogP contribution in [0.4, 0.5) is 4.79 Å². The molecule has 1 atom stereocenters. The topological polar surface area (TPSA) is 71.3 Å². The first-order chi connectivity index (χ1) is 16.5. The molecule has 6 nitrogen and oxygen atoms in total. The summed E-state index contributed by atoms with van der Waals surface area (Å²) in [6.07, 6.45) is 0.963. The van der Waals surface area contributed by atoms with Crippen molar-refractivity contribution in [3.05, 3.63) is 98.7 Å². The lowest BCUT2D eigenvalue weighted by Gasteiger charge is -2.35. The van der Waals surface area contributed by atoms with Crippen LogP contribution < -0.4 is 5.32 Å². The van der Waals surface area contributed by atoms with Gasteiger partial charge in [-0.1, -0.05) is 66.1 Å². The molecule has 0 fully saturated rings. The van der Waals surface area contributed by atoms with Crippen molar-refractivity contribution in [3.8, 4) is 11.4 Å². The largest absolute Gasteiger partial charge is 0.334 e. The minimum Gasteiger partial charge on any atom is -0.334 e. The number of aromatic nitrogens is 2. The molecule has 1 unspecified atom stereocenters. The molecule has 34 heavy (non-hydrogen) atoms. The van der Waals surface area contributed by atoms with Crippen molar-refractivity contribution in [2.75, 3.05) is 0 Å². The van der Waals surface area contributed by atoms with Crippen LogP contribution >= 0.6 is 22.9 Å². The maximum Gasteiger partial charge on any atom is 0.322 e. The van der Waals surface area contributed by atoms with E-state index in [1.807, 2.05) is 54.8 Å². The zero-order valence-corrected chi connectivity index (χ0v) is 20.4. The first-order valence-corrected chi connectivity index (χ1v) is 12.3. The minimum absolute atomic E-state index is 0.186. The number of hydrogen-bond donors (Lipinski definition) is 1. The van der Waals surface area contributed by atoms with Gasteiger partial charge in [0.2, 0.25) is 5.82 Å². The standard InChI is InChI=1S/C26H23ClN4O2S/c1-3-17-9-11-18(12-10-17)24-29-25(33-30-24)22-16(2)31(15-21-8-5-13-34-21)26(32)28-23(22)19-6-4-7-20(27)14-19/h4-14,23H,3,15H2,1-2H3,(H,28,32). The van der Waals surface area contributed by atoms with Crippen molar-refractivity contribution >= 4 is 34.5 Å². The third-order valence-electron chi connectivity index (χ3n) is 5.95. The maximum absolute atomic E-state index is 13.1. The molecule has 0 saturated heterocycles. The molecule has 1 aliphatic rings. The third-order valence-corrected chi connectivity index (χ3v) is 7.05. The molecular formula is C26H23ClN4O2S. The summed E-state index contributed by atoms with van der Waals surface area (Å²) in [6, 6.07) is 18.9. The predicted octanol–water partition coefficient (Wildman–Crippen LogP) is 6.71. The van der Waals surface area contributed by atoms with Crippen molar-refractivity contribution in [1.82, 2.24) is 20.4 Å². The molecule has 0 radical (unpaired) electrons. The van der Waals surface area contributed by atoms with Crippen molar-refractivity contribution < 1.29 is 9.32 Å². The van der Waals surface area contributed by atoms with Crippen LogP contribution in [0.25, 0.3) is 17.0 Å². The lowest BCUT2D eigenvalue weighted by molar-refractivity contribution is 0.203. The highest BCUT2D eigenvalue weighted by atomic mass is 35.5. The van der Waals surface area contributed by atoms with E-state index in [0.29, 0.717) is 23.3 Å². The normalized spacial score (nSPS) is 16.1. The van der Waals surface area contributed by atoms with Gasteiger partial charge in [0.25, 0.3) is 5.89 Å². The minimum atomic E-state index is -0.471. The average Bonchev–Trinajstić information content (AvgIpc) is 3.54. The van der Waals surface area contributed by atoms with E-state index >= 15 is 0 Å². The Morgan fingerprint density at radius 2 is 1.97 bits per heavy atom. The number of nitrogens with one attached hydrogen (secondary N) is 1. The summed E-state index contributed by atoms with van der Waals surface area (Å²) in [5, 5.41) is 9.94. The van der Waals surface area contributed by atoms with E-state index in [4.69, 9.17) is 21.1 Å². The van der Waals surface area contributed by atoms with E-state index in [1.165, 1.54) is 5.56 Å². The summed E-state index contributed by atoms with van der Waals surface area (Å²) in [5.41, 5.74) is 4.48. The third kappa shape index (κ3) is 4.36. The van der Waals surface area contributed by atoms with Gasteiger partial charge < -0.3 is 9.84 Å². The number of allylic oxidation sites excluding steroid dienone is 1. The van der Waals surface area contributed by atoms with Gasteiger partial charge >= 0.3 is 6.03 Å². The molecule has 0 spiro atoms. The SMILES string of the molecule is CCc1ccc(-c2noc(C3=C(C)N(Cc4cccs4)C(=O)NC3c3cccc(Cl)c3)n2)cc1. The molecule has 0 saturated carbocycles. The number of aryl methyl sites for hydroxylation is 1. The van der Waals surface area contributed by atoms with Gasteiger partial charge in [0.05, 0.1) is 18.2 Å². The molecule has 2 amide bonds. The number of hydrogen-bond acceptors (Lipinski definition) is 5. The molecule has 2 aromatic heterocycles. The Bertz CT molecular complexity index is 1350. The lowest BCUT2D eigenvalue weighted by Crippen LogP contribution is -2.45. The van der Waals surface area contributed by atoms with E-state index in [9.17, 15) is 4.79 Å². The molecule has 8 heteroatoms. The highest BCUT2D eigenvalue weighted by Crippen LogP contribution is 2.38. The van der Waals surface area contributed by atoms with Crippen LogP contribution in [0.2, 0.25) is 5.02 Å². The van der Waals surface area contributed by atoms with Crippen molar-refractivity contribution in [2.45, 2.75) is 32.9 Å². The molecular weight excluding hydrogens is 468 g/mol. The molecule has 2 aromatic carbocycles. The van der Waals surface area contributed by atoms with Crippen LogP contribution in [0.1, 0.15) is 41.8 Å². The second-order valence-electron chi connectivity index (χ2n) is 8.08. The number of nitrogens with zero attached hydrogens (tertiary/aromatic N) is 3. The van der Waals surface area contributed by atoms with Crippen molar-refractivity contribution in [1.29, 1.82) is 0 Å². The first-order valence-electron chi connectivity index (χ1n) is 11.0.